The number of hydrogen-bond acceptors (Lipinski definition) is 1. The molecule has 0 heterocycles. The van der Waals surface area contributed by atoms with Gasteiger partial charge in [-0.15, -0.1) is 0 Å². The molecule has 0 unspecified atom stereocenters. The van der Waals surface area contributed by atoms with Gasteiger partial charge in [0.05, 0.1) is 0 Å². The summed E-state index contributed by atoms with van der Waals surface area (Å²) in [5.74, 6) is -1.29. The van der Waals surface area contributed by atoms with Gasteiger partial charge >= 0.3 is 5.97 Å². The number of carboxylic acids is 1. The molecule has 0 aromatic heterocycles. The van der Waals surface area contributed by atoms with Gasteiger partial charge in [-0.2, -0.15) is 0 Å². The van der Waals surface area contributed by atoms with Crippen molar-refractivity contribution in [3.63, 3.8) is 0 Å². The predicted octanol–water partition coefficient (Wildman–Crippen LogP) is 0.100. The zero-order valence-corrected chi connectivity index (χ0v) is 5.56. The zero-order chi connectivity index (χ0) is 6.78. The second kappa shape index (κ2) is 5.47. The molecule has 6 heavy (non-hydrogen) atoms. The zero-order valence-electron chi connectivity index (χ0n) is 6.56. The van der Waals surface area contributed by atoms with E-state index in [0.717, 1.165) is 0 Å². The fourth-order valence-corrected chi connectivity index (χ4v) is 0. The van der Waals surface area contributed by atoms with Gasteiger partial charge < -0.3 is 5.11 Å². The maximum atomic E-state index is 9.65. The van der Waals surface area contributed by atoms with Crippen LogP contribution < -0.4 is 0 Å². The Bertz CT molecular complexity index is 99.7. The average molecular weight is 100 g/mol. The van der Waals surface area contributed by atoms with Crippen molar-refractivity contribution in [1.82, 2.24) is 0 Å². The van der Waals surface area contributed by atoms with Crippen LogP contribution in [-0.4, -0.2) is 40.6 Å². The van der Waals surface area contributed by atoms with Crippen LogP contribution in [0.1, 0.15) is 17.4 Å². The molecule has 0 spiro atoms. The van der Waals surface area contributed by atoms with E-state index < -0.39 is 19.2 Å². The van der Waals surface area contributed by atoms with Crippen molar-refractivity contribution < 1.29 is 14.0 Å². The standard InChI is InChI=1S/C3H6O2.Na/c1-2-3(4)5;/h2H2,1H3,(H,4,5);/i1D3;. The molecule has 0 atom stereocenters. The van der Waals surface area contributed by atoms with E-state index in [4.69, 9.17) is 9.22 Å². The van der Waals surface area contributed by atoms with Crippen molar-refractivity contribution in [1.29, 1.82) is 0 Å². The maximum Gasteiger partial charge on any atom is 0.303 e. The van der Waals surface area contributed by atoms with Crippen LogP contribution in [0, 0.1) is 0 Å². The first-order valence-corrected chi connectivity index (χ1v) is 1.13. The summed E-state index contributed by atoms with van der Waals surface area (Å²) in [6, 6.07) is 0. The van der Waals surface area contributed by atoms with E-state index in [-0.39, 0.29) is 29.6 Å². The third kappa shape index (κ3) is 8.82. The van der Waals surface area contributed by atoms with Gasteiger partial charge in [-0.05, 0) is 0 Å². The average Bonchev–Trinajstić information content (AvgIpc) is 1.21. The Labute approximate surface area is 63.1 Å². The van der Waals surface area contributed by atoms with E-state index in [0.29, 0.717) is 0 Å². The molecule has 0 rings (SSSR count). The largest absolute Gasteiger partial charge is 0.481 e. The Morgan fingerprint density at radius 1 is 2.17 bits per heavy atom. The molecule has 0 saturated carbocycles. The van der Waals surface area contributed by atoms with Crippen LogP contribution >= 0.6 is 0 Å². The first-order chi connectivity index (χ1) is 3.42. The minimum absolute atomic E-state index is 0. The van der Waals surface area contributed by atoms with Gasteiger partial charge in [-0.1, -0.05) is 6.85 Å². The van der Waals surface area contributed by atoms with Crippen LogP contribution in [0.4, 0.5) is 0 Å². The van der Waals surface area contributed by atoms with Gasteiger partial charge in [0, 0.05) is 40.1 Å². The Morgan fingerprint density at radius 3 is 2.67 bits per heavy atom. The fourth-order valence-electron chi connectivity index (χ4n) is 0. The monoisotopic (exact) mass is 100 g/mol. The van der Waals surface area contributed by atoms with Gasteiger partial charge in [-0.3, -0.25) is 4.79 Å². The SMILES string of the molecule is [2H]C([2H])([2H])CC(=O)O.[Na]. The van der Waals surface area contributed by atoms with E-state index in [1.54, 1.807) is 0 Å². The van der Waals surface area contributed by atoms with Crippen LogP contribution in [0.25, 0.3) is 0 Å². The molecule has 2 nitrogen and oxygen atoms in total. The first-order valence-electron chi connectivity index (χ1n) is 2.63. The molecule has 31 valence electrons. The first kappa shape index (κ1) is 3.47. The summed E-state index contributed by atoms with van der Waals surface area (Å²) in [7, 11) is 0. The molecular weight excluding hydrogens is 91.0 g/mol. The summed E-state index contributed by atoms with van der Waals surface area (Å²) < 4.78 is 19.2. The minimum Gasteiger partial charge on any atom is -0.481 e. The molecule has 0 aliphatic rings. The molecule has 0 amide bonds. The van der Waals surface area contributed by atoms with Crippen LogP contribution in [0.15, 0.2) is 0 Å². The van der Waals surface area contributed by atoms with E-state index in [1.165, 1.54) is 0 Å². The number of aliphatic carboxylic acids is 1. The molecule has 3 heteroatoms. The Hall–Kier alpha value is 0.470. The molecule has 0 aromatic carbocycles. The van der Waals surface area contributed by atoms with Gasteiger partial charge in [0.1, 0.15) is 0 Å². The van der Waals surface area contributed by atoms with Crippen LogP contribution in [0.5, 0.6) is 0 Å². The number of hydrogen-bond donors (Lipinski definition) is 1. The Kier molecular flexibility index (Phi) is 3.16. The summed E-state index contributed by atoms with van der Waals surface area (Å²) in [5.41, 5.74) is 0. The van der Waals surface area contributed by atoms with Crippen molar-refractivity contribution in [3.8, 4) is 0 Å². The number of carbonyl (C=O) groups is 1. The molecule has 1 radical (unpaired) electrons. The molecule has 0 aromatic rings. The van der Waals surface area contributed by atoms with Gasteiger partial charge in [0.25, 0.3) is 0 Å². The third-order valence-corrected chi connectivity index (χ3v) is 0.151. The van der Waals surface area contributed by atoms with Crippen molar-refractivity contribution in [2.24, 2.45) is 0 Å². The summed E-state index contributed by atoms with van der Waals surface area (Å²) in [4.78, 5) is 9.65. The smallest absolute Gasteiger partial charge is 0.303 e. The van der Waals surface area contributed by atoms with Crippen molar-refractivity contribution in [2.45, 2.75) is 13.3 Å². The summed E-state index contributed by atoms with van der Waals surface area (Å²) in [6.07, 6.45) is -0.757. The summed E-state index contributed by atoms with van der Waals surface area (Å²) in [6.45, 7) is -2.33. The second-order valence-electron chi connectivity index (χ2n) is 0.571. The van der Waals surface area contributed by atoms with Gasteiger partial charge in [0.15, 0.2) is 0 Å². The van der Waals surface area contributed by atoms with Crippen LogP contribution in [-0.2, 0) is 4.79 Å². The van der Waals surface area contributed by atoms with Crippen molar-refractivity contribution in [2.75, 3.05) is 0 Å². The minimum atomic E-state index is -2.33. The van der Waals surface area contributed by atoms with E-state index in [9.17, 15) is 4.79 Å². The quantitative estimate of drug-likeness (QED) is 0.474. The Balaban J connectivity index is 0. The van der Waals surface area contributed by atoms with Gasteiger partial charge in [-0.25, -0.2) is 0 Å². The van der Waals surface area contributed by atoms with Crippen molar-refractivity contribution >= 4 is 35.5 Å². The number of carboxylic acid groups (broad SMARTS) is 1. The van der Waals surface area contributed by atoms with E-state index >= 15 is 0 Å². The molecule has 0 aliphatic carbocycles. The fraction of sp³-hybridized carbons (Fsp3) is 0.667. The molecular formula is C3H6NaO2. The molecule has 0 saturated heterocycles. The van der Waals surface area contributed by atoms with E-state index in [1.807, 2.05) is 0 Å². The predicted molar refractivity (Wildman–Crippen MR) is 23.7 cm³/mol. The molecule has 0 bridgehead atoms. The molecule has 0 aliphatic heterocycles. The molecule has 0 fully saturated rings. The topological polar surface area (TPSA) is 37.3 Å². The van der Waals surface area contributed by atoms with Crippen LogP contribution in [0.2, 0.25) is 0 Å². The van der Waals surface area contributed by atoms with Gasteiger partial charge in [0.2, 0.25) is 0 Å². The maximum absolute atomic E-state index is 9.65. The Morgan fingerprint density at radius 2 is 2.67 bits per heavy atom. The summed E-state index contributed by atoms with van der Waals surface area (Å²) in [5, 5.41) is 7.89. The van der Waals surface area contributed by atoms with Crippen LogP contribution in [0.3, 0.4) is 0 Å². The van der Waals surface area contributed by atoms with E-state index in [2.05, 4.69) is 0 Å². The number of rotatable bonds is 1. The third-order valence-electron chi connectivity index (χ3n) is 0.151. The van der Waals surface area contributed by atoms with Crippen molar-refractivity contribution in [3.05, 3.63) is 0 Å². The summed E-state index contributed by atoms with van der Waals surface area (Å²) >= 11 is 0. The normalized spacial score (nSPS) is 15.7. The molecule has 1 N–H and O–H groups in total. The second-order valence-corrected chi connectivity index (χ2v) is 0.571.